The molecule has 0 aliphatic carbocycles. The van der Waals surface area contributed by atoms with Crippen molar-refractivity contribution in [1.82, 2.24) is 14.7 Å². The molecule has 1 fully saturated rings. The van der Waals surface area contributed by atoms with E-state index in [1.54, 1.807) is 6.20 Å². The first-order valence-electron chi connectivity index (χ1n) is 11.8. The number of aryl methyl sites for hydroxylation is 2. The van der Waals surface area contributed by atoms with Gasteiger partial charge < -0.3 is 14.6 Å². The summed E-state index contributed by atoms with van der Waals surface area (Å²) in [6.07, 6.45) is 6.13. The fourth-order valence-electron chi connectivity index (χ4n) is 4.39. The van der Waals surface area contributed by atoms with E-state index in [4.69, 9.17) is 9.47 Å². The van der Waals surface area contributed by atoms with E-state index >= 15 is 0 Å². The molecule has 1 aromatic heterocycles. The zero-order valence-corrected chi connectivity index (χ0v) is 19.7. The molecule has 1 atom stereocenters. The summed E-state index contributed by atoms with van der Waals surface area (Å²) in [6, 6.07) is 16.4. The molecule has 4 rings (SSSR count). The van der Waals surface area contributed by atoms with Crippen LogP contribution in [0.25, 0.3) is 0 Å². The van der Waals surface area contributed by atoms with Crippen molar-refractivity contribution in [2.75, 3.05) is 26.3 Å². The minimum Gasteiger partial charge on any atom is -0.492 e. The van der Waals surface area contributed by atoms with E-state index in [2.05, 4.69) is 48.1 Å². The molecule has 1 unspecified atom stereocenters. The third kappa shape index (κ3) is 6.83. The number of aliphatic hydroxyl groups is 1. The number of nitrogens with zero attached hydrogens (tertiary/aromatic N) is 3. The molecule has 2 heterocycles. The van der Waals surface area contributed by atoms with Crippen LogP contribution in [-0.4, -0.2) is 51.7 Å². The van der Waals surface area contributed by atoms with E-state index in [0.717, 1.165) is 56.1 Å². The molecule has 6 nitrogen and oxygen atoms in total. The third-order valence-corrected chi connectivity index (χ3v) is 6.29. The van der Waals surface area contributed by atoms with E-state index in [1.165, 1.54) is 11.1 Å². The van der Waals surface area contributed by atoms with Crippen LogP contribution in [0.1, 0.15) is 36.0 Å². The van der Waals surface area contributed by atoms with Crippen LogP contribution in [0.3, 0.4) is 0 Å². The monoisotopic (exact) mass is 449 g/mol. The summed E-state index contributed by atoms with van der Waals surface area (Å²) in [6.45, 7) is 8.44. The summed E-state index contributed by atoms with van der Waals surface area (Å²) in [7, 11) is 0. The summed E-state index contributed by atoms with van der Waals surface area (Å²) < 4.78 is 13.8. The average molecular weight is 450 g/mol. The average Bonchev–Trinajstić information content (AvgIpc) is 3.24. The van der Waals surface area contributed by atoms with E-state index in [1.807, 2.05) is 35.1 Å². The van der Waals surface area contributed by atoms with Gasteiger partial charge in [-0.25, -0.2) is 0 Å². The predicted octanol–water partition coefficient (Wildman–Crippen LogP) is 4.37. The normalized spacial score (nSPS) is 19.2. The molecule has 3 aromatic rings. The Morgan fingerprint density at radius 2 is 1.94 bits per heavy atom. The Balaban J connectivity index is 1.27. The number of benzene rings is 2. The molecule has 176 valence electrons. The highest BCUT2D eigenvalue weighted by atomic mass is 16.5. The lowest BCUT2D eigenvalue weighted by Gasteiger charge is -2.27. The van der Waals surface area contributed by atoms with Crippen LogP contribution < -0.4 is 9.47 Å². The summed E-state index contributed by atoms with van der Waals surface area (Å²) in [5, 5.41) is 15.4. The fraction of sp³-hybridized carbons (Fsp3) is 0.444. The maximum atomic E-state index is 11.2. The van der Waals surface area contributed by atoms with Gasteiger partial charge in [-0.2, -0.15) is 5.10 Å². The third-order valence-electron chi connectivity index (χ3n) is 6.29. The number of likely N-dealkylation sites (tertiary alicyclic amines) is 1. The van der Waals surface area contributed by atoms with Crippen molar-refractivity contribution in [3.8, 4) is 11.5 Å². The Kier molecular flexibility index (Phi) is 7.68. The molecular formula is C27H35N3O3. The van der Waals surface area contributed by atoms with Crippen LogP contribution in [0.4, 0.5) is 0 Å². The summed E-state index contributed by atoms with van der Waals surface area (Å²) >= 11 is 0. The number of aromatic nitrogens is 2. The Morgan fingerprint density at radius 1 is 1.03 bits per heavy atom. The van der Waals surface area contributed by atoms with Crippen LogP contribution in [0.2, 0.25) is 0 Å². The molecule has 2 aromatic carbocycles. The van der Waals surface area contributed by atoms with Crippen molar-refractivity contribution >= 4 is 0 Å². The molecule has 0 bridgehead atoms. The van der Waals surface area contributed by atoms with E-state index in [0.29, 0.717) is 19.6 Å². The largest absolute Gasteiger partial charge is 0.492 e. The fourth-order valence-corrected chi connectivity index (χ4v) is 4.39. The van der Waals surface area contributed by atoms with Gasteiger partial charge in [-0.1, -0.05) is 29.8 Å². The van der Waals surface area contributed by atoms with Crippen molar-refractivity contribution in [3.05, 3.63) is 77.6 Å². The van der Waals surface area contributed by atoms with Crippen molar-refractivity contribution in [3.63, 3.8) is 0 Å². The Morgan fingerprint density at radius 3 is 2.76 bits per heavy atom. The Hall–Kier alpha value is -2.83. The zero-order chi connectivity index (χ0) is 23.1. The first kappa shape index (κ1) is 23.3. The molecule has 0 saturated carbocycles. The van der Waals surface area contributed by atoms with Gasteiger partial charge in [0.15, 0.2) is 0 Å². The minimum absolute atomic E-state index is 0.338. The second kappa shape index (κ2) is 10.9. The summed E-state index contributed by atoms with van der Waals surface area (Å²) in [5.74, 6) is 1.74. The van der Waals surface area contributed by atoms with Gasteiger partial charge >= 0.3 is 0 Å². The Labute approximate surface area is 196 Å². The highest BCUT2D eigenvalue weighted by Gasteiger charge is 2.31. The highest BCUT2D eigenvalue weighted by molar-refractivity contribution is 5.35. The van der Waals surface area contributed by atoms with E-state index < -0.39 is 5.60 Å². The molecule has 1 aliphatic rings. The van der Waals surface area contributed by atoms with Crippen LogP contribution in [0, 0.1) is 13.8 Å². The number of rotatable bonds is 9. The molecule has 0 spiro atoms. The van der Waals surface area contributed by atoms with Gasteiger partial charge in [-0.05, 0) is 75.0 Å². The number of hydrogen-bond donors (Lipinski definition) is 1. The van der Waals surface area contributed by atoms with Crippen LogP contribution >= 0.6 is 0 Å². The minimum atomic E-state index is -0.788. The van der Waals surface area contributed by atoms with E-state index in [9.17, 15) is 5.11 Å². The van der Waals surface area contributed by atoms with Gasteiger partial charge in [0.1, 0.15) is 24.7 Å². The second-order valence-corrected chi connectivity index (χ2v) is 9.18. The smallest absolute Gasteiger partial charge is 0.122 e. The van der Waals surface area contributed by atoms with Crippen LogP contribution in [0.15, 0.2) is 60.9 Å². The van der Waals surface area contributed by atoms with Crippen molar-refractivity contribution in [2.45, 2.75) is 51.8 Å². The molecular weight excluding hydrogens is 414 g/mol. The molecule has 1 N–H and O–H groups in total. The van der Waals surface area contributed by atoms with Crippen LogP contribution in [0.5, 0.6) is 11.5 Å². The number of hydrogen-bond acceptors (Lipinski definition) is 5. The standard InChI is InChI=1S/C27H35N3O3/c1-22-8-9-26(23(2)18-22)33-21-27(31)10-4-13-29(15-11-27)20-24-6-3-7-25(19-24)32-17-16-30-14-5-12-28-30/h3,5-9,12,14,18-19,31H,4,10-11,13,15-17,20-21H2,1-2H3. The molecule has 33 heavy (non-hydrogen) atoms. The molecule has 0 radical (unpaired) electrons. The lowest BCUT2D eigenvalue weighted by atomic mass is 9.96. The van der Waals surface area contributed by atoms with Gasteiger partial charge in [0.2, 0.25) is 0 Å². The first-order valence-corrected chi connectivity index (χ1v) is 11.8. The second-order valence-electron chi connectivity index (χ2n) is 9.18. The summed E-state index contributed by atoms with van der Waals surface area (Å²) in [4.78, 5) is 2.41. The van der Waals surface area contributed by atoms with Crippen molar-refractivity contribution < 1.29 is 14.6 Å². The molecule has 1 saturated heterocycles. The van der Waals surface area contributed by atoms with Crippen molar-refractivity contribution in [2.24, 2.45) is 0 Å². The van der Waals surface area contributed by atoms with Gasteiger partial charge in [0.25, 0.3) is 0 Å². The lowest BCUT2D eigenvalue weighted by Crippen LogP contribution is -2.37. The van der Waals surface area contributed by atoms with Gasteiger partial charge in [-0.15, -0.1) is 0 Å². The van der Waals surface area contributed by atoms with Gasteiger partial charge in [-0.3, -0.25) is 9.58 Å². The number of ether oxygens (including phenoxy) is 2. The highest BCUT2D eigenvalue weighted by Crippen LogP contribution is 2.27. The Bertz CT molecular complexity index is 1020. The topological polar surface area (TPSA) is 59.8 Å². The maximum absolute atomic E-state index is 11.2. The quantitative estimate of drug-likeness (QED) is 0.526. The van der Waals surface area contributed by atoms with Crippen molar-refractivity contribution in [1.29, 1.82) is 0 Å². The molecule has 0 amide bonds. The lowest BCUT2D eigenvalue weighted by molar-refractivity contribution is -0.0170. The van der Waals surface area contributed by atoms with Crippen LogP contribution in [-0.2, 0) is 13.1 Å². The van der Waals surface area contributed by atoms with Gasteiger partial charge in [0, 0.05) is 25.5 Å². The first-order chi connectivity index (χ1) is 16.0. The zero-order valence-electron chi connectivity index (χ0n) is 19.7. The summed E-state index contributed by atoms with van der Waals surface area (Å²) in [5.41, 5.74) is 2.77. The van der Waals surface area contributed by atoms with Gasteiger partial charge in [0.05, 0.1) is 12.1 Å². The van der Waals surface area contributed by atoms with E-state index in [-0.39, 0.29) is 0 Å². The molecule has 1 aliphatic heterocycles. The maximum Gasteiger partial charge on any atom is 0.122 e. The predicted molar refractivity (Wildman–Crippen MR) is 130 cm³/mol. The molecule has 6 heteroatoms. The SMILES string of the molecule is Cc1ccc(OCC2(O)CCCN(Cc3cccc(OCCn4cccn4)c3)CC2)c(C)c1.